The van der Waals surface area contributed by atoms with E-state index in [0.717, 1.165) is 12.8 Å². The lowest BCUT2D eigenvalue weighted by Gasteiger charge is -2.15. The van der Waals surface area contributed by atoms with Crippen molar-refractivity contribution in [3.8, 4) is 0 Å². The predicted molar refractivity (Wildman–Crippen MR) is 105 cm³/mol. The number of anilines is 1. The Bertz CT molecular complexity index is 1120. The molecule has 0 saturated carbocycles. The van der Waals surface area contributed by atoms with Gasteiger partial charge in [0.15, 0.2) is 5.13 Å². The Morgan fingerprint density at radius 1 is 1.22 bits per heavy atom. The minimum absolute atomic E-state index is 0.107. The third-order valence-corrected chi connectivity index (χ3v) is 7.42. The maximum absolute atomic E-state index is 12.7. The largest absolute Gasteiger partial charge is 0.298 e. The quantitative estimate of drug-likeness (QED) is 0.650. The molecule has 7 nitrogen and oxygen atoms in total. The summed E-state index contributed by atoms with van der Waals surface area (Å²) in [4.78, 5) is 20.8. The van der Waals surface area contributed by atoms with Crippen LogP contribution in [0.3, 0.4) is 0 Å². The molecule has 2 aromatic heterocycles. The Morgan fingerprint density at radius 3 is 2.74 bits per heavy atom. The summed E-state index contributed by atoms with van der Waals surface area (Å²) >= 11 is 7.15. The predicted octanol–water partition coefficient (Wildman–Crippen LogP) is 3.38. The van der Waals surface area contributed by atoms with Crippen molar-refractivity contribution in [1.82, 2.24) is 14.3 Å². The van der Waals surface area contributed by atoms with E-state index in [4.69, 9.17) is 11.6 Å². The summed E-state index contributed by atoms with van der Waals surface area (Å²) in [5, 5.41) is 3.16. The molecule has 0 aliphatic carbocycles. The Hall–Kier alpha value is -2.07. The molecule has 0 bridgehead atoms. The fourth-order valence-electron chi connectivity index (χ4n) is 2.92. The van der Waals surface area contributed by atoms with Gasteiger partial charge in [-0.25, -0.2) is 18.4 Å². The number of amides is 1. The van der Waals surface area contributed by atoms with Gasteiger partial charge in [0.1, 0.15) is 5.15 Å². The average molecular weight is 423 g/mol. The van der Waals surface area contributed by atoms with Crippen molar-refractivity contribution in [2.75, 3.05) is 18.4 Å². The lowest BCUT2D eigenvalue weighted by Crippen LogP contribution is -2.27. The standard InChI is InChI=1S/C17H15ClN4O3S2/c18-15-12(4-3-7-19-15)16(23)21-17-20-13-6-5-11(10-14(13)26-17)27(24,25)22-8-1-2-9-22/h3-7,10H,1-2,8-9H2,(H,20,21,23). The second kappa shape index (κ2) is 7.16. The van der Waals surface area contributed by atoms with Crippen LogP contribution in [0.5, 0.6) is 0 Å². The van der Waals surface area contributed by atoms with Crippen molar-refractivity contribution < 1.29 is 13.2 Å². The zero-order chi connectivity index (χ0) is 19.0. The first-order valence-electron chi connectivity index (χ1n) is 8.28. The normalized spacial score (nSPS) is 15.3. The number of benzene rings is 1. The lowest BCUT2D eigenvalue weighted by molar-refractivity contribution is 0.102. The van der Waals surface area contributed by atoms with Gasteiger partial charge in [0.05, 0.1) is 20.7 Å². The van der Waals surface area contributed by atoms with E-state index in [2.05, 4.69) is 15.3 Å². The molecule has 1 saturated heterocycles. The molecule has 27 heavy (non-hydrogen) atoms. The van der Waals surface area contributed by atoms with Crippen LogP contribution >= 0.6 is 22.9 Å². The van der Waals surface area contributed by atoms with Gasteiger partial charge in [-0.15, -0.1) is 0 Å². The number of hydrogen-bond acceptors (Lipinski definition) is 6. The van der Waals surface area contributed by atoms with Crippen molar-refractivity contribution in [3.63, 3.8) is 0 Å². The number of hydrogen-bond donors (Lipinski definition) is 1. The highest BCUT2D eigenvalue weighted by atomic mass is 35.5. The van der Waals surface area contributed by atoms with Crippen molar-refractivity contribution in [2.24, 2.45) is 0 Å². The van der Waals surface area contributed by atoms with Crippen LogP contribution in [-0.4, -0.2) is 41.7 Å². The number of carbonyl (C=O) groups is 1. The van der Waals surface area contributed by atoms with E-state index in [9.17, 15) is 13.2 Å². The highest BCUT2D eigenvalue weighted by molar-refractivity contribution is 7.89. The first-order chi connectivity index (χ1) is 12.9. The van der Waals surface area contributed by atoms with E-state index in [1.165, 1.54) is 21.8 Å². The van der Waals surface area contributed by atoms with Gasteiger partial charge in [0.2, 0.25) is 10.0 Å². The monoisotopic (exact) mass is 422 g/mol. The number of fused-ring (bicyclic) bond motifs is 1. The van der Waals surface area contributed by atoms with Crippen LogP contribution in [0, 0.1) is 0 Å². The van der Waals surface area contributed by atoms with Gasteiger partial charge in [-0.1, -0.05) is 22.9 Å². The first-order valence-corrected chi connectivity index (χ1v) is 10.9. The molecule has 0 atom stereocenters. The SMILES string of the molecule is O=C(Nc1nc2ccc(S(=O)(=O)N3CCCC3)cc2s1)c1cccnc1Cl. The van der Waals surface area contributed by atoms with E-state index in [1.807, 2.05) is 0 Å². The zero-order valence-electron chi connectivity index (χ0n) is 14.1. The molecule has 1 aliphatic rings. The van der Waals surface area contributed by atoms with Crippen LogP contribution in [0.4, 0.5) is 5.13 Å². The number of carbonyl (C=O) groups excluding carboxylic acids is 1. The molecule has 1 fully saturated rings. The maximum atomic E-state index is 12.7. The van der Waals surface area contributed by atoms with Gasteiger partial charge in [0.25, 0.3) is 5.91 Å². The van der Waals surface area contributed by atoms with Crippen LogP contribution in [0.1, 0.15) is 23.2 Å². The Labute approximate surface area is 165 Å². The Morgan fingerprint density at radius 2 is 2.00 bits per heavy atom. The molecule has 1 N–H and O–H groups in total. The molecule has 4 rings (SSSR count). The van der Waals surface area contributed by atoms with Crippen molar-refractivity contribution in [2.45, 2.75) is 17.7 Å². The number of nitrogens with one attached hydrogen (secondary N) is 1. The summed E-state index contributed by atoms with van der Waals surface area (Å²) in [7, 11) is -3.49. The van der Waals surface area contributed by atoms with Crippen molar-refractivity contribution in [3.05, 3.63) is 47.2 Å². The third kappa shape index (κ3) is 3.55. The molecule has 0 radical (unpaired) electrons. The zero-order valence-corrected chi connectivity index (χ0v) is 16.4. The maximum Gasteiger partial charge on any atom is 0.260 e. The van der Waals surface area contributed by atoms with E-state index in [1.54, 1.807) is 30.3 Å². The van der Waals surface area contributed by atoms with Crippen LogP contribution < -0.4 is 5.32 Å². The molecule has 3 aromatic rings. The second-order valence-electron chi connectivity index (χ2n) is 6.06. The molecule has 0 spiro atoms. The van der Waals surface area contributed by atoms with Crippen molar-refractivity contribution in [1.29, 1.82) is 0 Å². The minimum Gasteiger partial charge on any atom is -0.298 e. The summed E-state index contributed by atoms with van der Waals surface area (Å²) in [6, 6.07) is 8.00. The van der Waals surface area contributed by atoms with Gasteiger partial charge in [-0.05, 0) is 43.2 Å². The van der Waals surface area contributed by atoms with Gasteiger partial charge >= 0.3 is 0 Å². The molecule has 1 aliphatic heterocycles. The number of thiazole rings is 1. The summed E-state index contributed by atoms with van der Waals surface area (Å²) < 4.78 is 27.6. The summed E-state index contributed by atoms with van der Waals surface area (Å²) in [5.74, 6) is -0.419. The van der Waals surface area contributed by atoms with E-state index in [-0.39, 0.29) is 15.6 Å². The van der Waals surface area contributed by atoms with Crippen LogP contribution in [0.25, 0.3) is 10.2 Å². The fraction of sp³-hybridized carbons (Fsp3) is 0.235. The molecule has 0 unspecified atom stereocenters. The molecule has 1 amide bonds. The smallest absolute Gasteiger partial charge is 0.260 e. The third-order valence-electron chi connectivity index (χ3n) is 4.29. The van der Waals surface area contributed by atoms with Gasteiger partial charge < -0.3 is 0 Å². The van der Waals surface area contributed by atoms with E-state index in [0.29, 0.717) is 28.4 Å². The molecule has 140 valence electrons. The topological polar surface area (TPSA) is 92.3 Å². The van der Waals surface area contributed by atoms with E-state index >= 15 is 0 Å². The highest BCUT2D eigenvalue weighted by Crippen LogP contribution is 2.30. The Balaban J connectivity index is 1.61. The molecule has 1 aromatic carbocycles. The number of sulfonamides is 1. The highest BCUT2D eigenvalue weighted by Gasteiger charge is 2.27. The van der Waals surface area contributed by atoms with Crippen LogP contribution in [0.15, 0.2) is 41.4 Å². The average Bonchev–Trinajstić information content (AvgIpc) is 3.31. The number of aromatic nitrogens is 2. The fourth-order valence-corrected chi connectivity index (χ4v) is 5.64. The summed E-state index contributed by atoms with van der Waals surface area (Å²) in [5.41, 5.74) is 0.865. The minimum atomic E-state index is -3.49. The number of rotatable bonds is 4. The molecular weight excluding hydrogens is 408 g/mol. The van der Waals surface area contributed by atoms with Gasteiger partial charge in [-0.3, -0.25) is 10.1 Å². The molecular formula is C17H15ClN4O3S2. The number of nitrogens with zero attached hydrogens (tertiary/aromatic N) is 3. The van der Waals surface area contributed by atoms with E-state index < -0.39 is 15.9 Å². The summed E-state index contributed by atoms with van der Waals surface area (Å²) in [6.07, 6.45) is 3.27. The van der Waals surface area contributed by atoms with Crippen LogP contribution in [-0.2, 0) is 10.0 Å². The van der Waals surface area contributed by atoms with Crippen LogP contribution in [0.2, 0.25) is 5.15 Å². The molecule has 3 heterocycles. The van der Waals surface area contributed by atoms with Gasteiger partial charge in [0, 0.05) is 19.3 Å². The van der Waals surface area contributed by atoms with Crippen molar-refractivity contribution >= 4 is 54.2 Å². The van der Waals surface area contributed by atoms with Gasteiger partial charge in [-0.2, -0.15) is 4.31 Å². The Kier molecular flexibility index (Phi) is 4.85. The number of halogens is 1. The lowest BCUT2D eigenvalue weighted by atomic mass is 10.3. The number of pyridine rings is 1. The second-order valence-corrected chi connectivity index (χ2v) is 9.38. The summed E-state index contributed by atoms with van der Waals surface area (Å²) in [6.45, 7) is 1.10. The molecule has 10 heteroatoms. The first kappa shape index (κ1) is 18.3.